The van der Waals surface area contributed by atoms with Crippen molar-refractivity contribution in [3.05, 3.63) is 94.8 Å². The molecule has 0 radical (unpaired) electrons. The number of methoxy groups -OCH3 is 1. The summed E-state index contributed by atoms with van der Waals surface area (Å²) >= 11 is 0. The predicted octanol–water partition coefficient (Wildman–Crippen LogP) is 3.43. The average molecular weight is 413 g/mol. The Morgan fingerprint density at radius 3 is 2.68 bits per heavy atom. The van der Waals surface area contributed by atoms with Gasteiger partial charge >= 0.3 is 0 Å². The molecule has 3 aromatic carbocycles. The molecule has 156 valence electrons. The van der Waals surface area contributed by atoms with Crippen LogP contribution >= 0.6 is 0 Å². The summed E-state index contributed by atoms with van der Waals surface area (Å²) in [7, 11) is 1.61. The minimum atomic E-state index is -0.213. The number of nitrogens with zero attached hydrogens (tertiary/aromatic N) is 2. The Kier molecular flexibility index (Phi) is 6.08. The highest BCUT2D eigenvalue weighted by Crippen LogP contribution is 2.21. The highest BCUT2D eigenvalue weighted by molar-refractivity contribution is 5.90. The molecular formula is C25H23N3O3. The number of carbonyl (C=O) groups excluding carboxylic acids is 1. The lowest BCUT2D eigenvalue weighted by atomic mass is 10.0. The van der Waals surface area contributed by atoms with E-state index >= 15 is 0 Å². The molecule has 0 aliphatic rings. The summed E-state index contributed by atoms with van der Waals surface area (Å²) in [4.78, 5) is 24.7. The number of amides is 1. The van der Waals surface area contributed by atoms with Crippen LogP contribution in [0.5, 0.6) is 5.75 Å². The summed E-state index contributed by atoms with van der Waals surface area (Å²) in [5, 5.41) is 9.51. The molecule has 0 unspecified atom stereocenters. The van der Waals surface area contributed by atoms with E-state index in [-0.39, 0.29) is 24.4 Å². The van der Waals surface area contributed by atoms with Gasteiger partial charge in [-0.1, -0.05) is 54.6 Å². The van der Waals surface area contributed by atoms with Gasteiger partial charge in [0, 0.05) is 18.2 Å². The minimum absolute atomic E-state index is 0.0895. The van der Waals surface area contributed by atoms with Gasteiger partial charge in [0.25, 0.3) is 5.56 Å². The number of benzene rings is 3. The van der Waals surface area contributed by atoms with E-state index in [0.29, 0.717) is 12.2 Å². The smallest absolute Gasteiger partial charge is 0.266 e. The van der Waals surface area contributed by atoms with Gasteiger partial charge in [0.05, 0.1) is 25.8 Å². The van der Waals surface area contributed by atoms with Crippen LogP contribution in [0.4, 0.5) is 0 Å². The zero-order valence-corrected chi connectivity index (χ0v) is 17.2. The van der Waals surface area contributed by atoms with Crippen LogP contribution in [0, 0.1) is 0 Å². The Morgan fingerprint density at radius 1 is 1.00 bits per heavy atom. The highest BCUT2D eigenvalue weighted by atomic mass is 16.5. The molecule has 31 heavy (non-hydrogen) atoms. The summed E-state index contributed by atoms with van der Waals surface area (Å²) in [5.41, 5.74) is 2.29. The monoisotopic (exact) mass is 413 g/mol. The quantitative estimate of drug-likeness (QED) is 0.504. The number of carbonyl (C=O) groups is 1. The standard InChI is InChI=1S/C25H23N3O3/c1-31-21-10-5-9-20(16-21)23-12-13-25(30)28(27-23)15-14-26-24(29)17-19-8-4-7-18-6-2-3-11-22(18)19/h2-13,16H,14-15,17H2,1H3,(H,26,29). The van der Waals surface area contributed by atoms with Crippen LogP contribution in [-0.4, -0.2) is 29.3 Å². The lowest BCUT2D eigenvalue weighted by Crippen LogP contribution is -2.32. The molecule has 0 saturated heterocycles. The van der Waals surface area contributed by atoms with Crippen molar-refractivity contribution < 1.29 is 9.53 Å². The van der Waals surface area contributed by atoms with Crippen molar-refractivity contribution in [2.75, 3.05) is 13.7 Å². The zero-order chi connectivity index (χ0) is 21.6. The third kappa shape index (κ3) is 4.80. The molecule has 0 fully saturated rings. The maximum atomic E-state index is 12.5. The van der Waals surface area contributed by atoms with Crippen LogP contribution < -0.4 is 15.6 Å². The Morgan fingerprint density at radius 2 is 1.81 bits per heavy atom. The number of hydrogen-bond acceptors (Lipinski definition) is 4. The number of hydrogen-bond donors (Lipinski definition) is 1. The van der Waals surface area contributed by atoms with Gasteiger partial charge in [-0.15, -0.1) is 0 Å². The molecule has 0 bridgehead atoms. The maximum Gasteiger partial charge on any atom is 0.266 e. The number of fused-ring (bicyclic) bond motifs is 1. The second-order valence-corrected chi connectivity index (χ2v) is 7.18. The van der Waals surface area contributed by atoms with Gasteiger partial charge in [-0.3, -0.25) is 9.59 Å². The zero-order valence-electron chi connectivity index (χ0n) is 17.2. The molecule has 0 aliphatic heterocycles. The Balaban J connectivity index is 1.41. The number of nitrogens with one attached hydrogen (secondary N) is 1. The van der Waals surface area contributed by atoms with Crippen LogP contribution in [-0.2, 0) is 17.8 Å². The van der Waals surface area contributed by atoms with Crippen LogP contribution in [0.2, 0.25) is 0 Å². The lowest BCUT2D eigenvalue weighted by molar-refractivity contribution is -0.120. The second-order valence-electron chi connectivity index (χ2n) is 7.18. The average Bonchev–Trinajstić information content (AvgIpc) is 2.80. The summed E-state index contributed by atoms with van der Waals surface area (Å²) < 4.78 is 6.62. The molecule has 0 atom stereocenters. The first-order chi connectivity index (χ1) is 15.1. The molecule has 0 saturated carbocycles. The van der Waals surface area contributed by atoms with E-state index in [1.807, 2.05) is 66.7 Å². The molecule has 1 amide bonds. The Bertz CT molecular complexity index is 1270. The third-order valence-corrected chi connectivity index (χ3v) is 5.11. The largest absolute Gasteiger partial charge is 0.497 e. The number of aromatic nitrogens is 2. The second kappa shape index (κ2) is 9.26. The van der Waals surface area contributed by atoms with Gasteiger partial charge in [-0.2, -0.15) is 5.10 Å². The van der Waals surface area contributed by atoms with E-state index in [4.69, 9.17) is 4.74 Å². The molecule has 6 nitrogen and oxygen atoms in total. The summed E-state index contributed by atoms with van der Waals surface area (Å²) in [6, 6.07) is 24.6. The maximum absolute atomic E-state index is 12.5. The van der Waals surface area contributed by atoms with Crippen molar-refractivity contribution >= 4 is 16.7 Å². The van der Waals surface area contributed by atoms with Gasteiger partial charge in [-0.25, -0.2) is 4.68 Å². The van der Waals surface area contributed by atoms with Crippen LogP contribution in [0.3, 0.4) is 0 Å². The fraction of sp³-hybridized carbons (Fsp3) is 0.160. The third-order valence-electron chi connectivity index (χ3n) is 5.11. The molecule has 1 aromatic heterocycles. The minimum Gasteiger partial charge on any atom is -0.497 e. The molecule has 4 aromatic rings. The predicted molar refractivity (Wildman–Crippen MR) is 121 cm³/mol. The molecule has 0 spiro atoms. The van der Waals surface area contributed by atoms with E-state index in [1.54, 1.807) is 13.2 Å². The van der Waals surface area contributed by atoms with E-state index in [2.05, 4.69) is 10.4 Å². The molecule has 4 rings (SSSR count). The van der Waals surface area contributed by atoms with Crippen molar-refractivity contribution in [1.82, 2.24) is 15.1 Å². The first kappa shape index (κ1) is 20.3. The molecule has 1 N–H and O–H groups in total. The Labute approximate surface area is 180 Å². The molecule has 0 aliphatic carbocycles. The van der Waals surface area contributed by atoms with Crippen molar-refractivity contribution in [1.29, 1.82) is 0 Å². The van der Waals surface area contributed by atoms with Gasteiger partial charge in [0.2, 0.25) is 5.91 Å². The summed E-state index contributed by atoms with van der Waals surface area (Å²) in [6.07, 6.45) is 0.285. The molecular weight excluding hydrogens is 390 g/mol. The first-order valence-corrected chi connectivity index (χ1v) is 10.1. The van der Waals surface area contributed by atoms with Gasteiger partial charge in [0.1, 0.15) is 5.75 Å². The lowest BCUT2D eigenvalue weighted by Gasteiger charge is -2.10. The van der Waals surface area contributed by atoms with E-state index < -0.39 is 0 Å². The van der Waals surface area contributed by atoms with E-state index in [9.17, 15) is 9.59 Å². The summed E-state index contributed by atoms with van der Waals surface area (Å²) in [6.45, 7) is 0.607. The number of ether oxygens (including phenoxy) is 1. The Hall–Kier alpha value is -3.93. The van der Waals surface area contributed by atoms with Crippen molar-refractivity contribution in [3.8, 4) is 17.0 Å². The molecule has 1 heterocycles. The van der Waals surface area contributed by atoms with Crippen molar-refractivity contribution in [3.63, 3.8) is 0 Å². The fourth-order valence-corrected chi connectivity index (χ4v) is 3.53. The fourth-order valence-electron chi connectivity index (χ4n) is 3.53. The van der Waals surface area contributed by atoms with Gasteiger partial charge in [0.15, 0.2) is 0 Å². The van der Waals surface area contributed by atoms with Gasteiger partial charge in [-0.05, 0) is 34.5 Å². The summed E-state index contributed by atoms with van der Waals surface area (Å²) in [5.74, 6) is 0.631. The van der Waals surface area contributed by atoms with E-state index in [0.717, 1.165) is 27.6 Å². The van der Waals surface area contributed by atoms with Gasteiger partial charge < -0.3 is 10.1 Å². The first-order valence-electron chi connectivity index (χ1n) is 10.1. The highest BCUT2D eigenvalue weighted by Gasteiger charge is 2.08. The van der Waals surface area contributed by atoms with E-state index in [1.165, 1.54) is 10.7 Å². The normalized spacial score (nSPS) is 10.7. The molecule has 6 heteroatoms. The number of rotatable bonds is 7. The van der Waals surface area contributed by atoms with Crippen LogP contribution in [0.15, 0.2) is 83.7 Å². The van der Waals surface area contributed by atoms with Crippen molar-refractivity contribution in [2.45, 2.75) is 13.0 Å². The van der Waals surface area contributed by atoms with Crippen molar-refractivity contribution in [2.24, 2.45) is 0 Å². The SMILES string of the molecule is COc1cccc(-c2ccc(=O)n(CCNC(=O)Cc3cccc4ccccc34)n2)c1. The van der Waals surface area contributed by atoms with Crippen LogP contribution in [0.25, 0.3) is 22.0 Å². The van der Waals surface area contributed by atoms with Crippen LogP contribution in [0.1, 0.15) is 5.56 Å². The topological polar surface area (TPSA) is 73.2 Å².